The fraction of sp³-hybridized carbons (Fsp3) is 0.368. The standard InChI is InChI=1S/C8H11NO2.C7H8S.C4H8O/c1-10-9-11-7-8-5-3-2-4-6-8;8-6-7-4-2-1-3-5-7;1-2-4-5-3-1/h2-6,9H,7H2,1H3;1-5,8H,6H2;1-4H2. The molecule has 0 saturated carbocycles. The van der Waals surface area contributed by atoms with Crippen LogP contribution < -0.4 is 5.64 Å². The van der Waals surface area contributed by atoms with Crippen LogP contribution in [0.15, 0.2) is 60.7 Å². The third-order valence-corrected chi connectivity index (χ3v) is 3.44. The highest BCUT2D eigenvalue weighted by molar-refractivity contribution is 7.79. The third kappa shape index (κ3) is 11.2. The summed E-state index contributed by atoms with van der Waals surface area (Å²) in [7, 11) is 1.50. The van der Waals surface area contributed by atoms with Gasteiger partial charge in [-0.15, -0.1) is 0 Å². The van der Waals surface area contributed by atoms with Gasteiger partial charge in [0, 0.05) is 19.0 Å². The van der Waals surface area contributed by atoms with Crippen LogP contribution in [0.5, 0.6) is 0 Å². The maximum absolute atomic E-state index is 4.94. The summed E-state index contributed by atoms with van der Waals surface area (Å²) in [6.45, 7) is 2.51. The van der Waals surface area contributed by atoms with Gasteiger partial charge >= 0.3 is 0 Å². The first-order valence-corrected chi connectivity index (χ1v) is 8.66. The highest BCUT2D eigenvalue weighted by Crippen LogP contribution is 2.00. The van der Waals surface area contributed by atoms with E-state index in [4.69, 9.17) is 9.57 Å². The molecule has 132 valence electrons. The zero-order valence-corrected chi connectivity index (χ0v) is 15.1. The zero-order chi connectivity index (χ0) is 17.3. The molecule has 0 unspecified atom stereocenters. The van der Waals surface area contributed by atoms with Crippen molar-refractivity contribution < 1.29 is 14.4 Å². The average molecular weight is 349 g/mol. The Morgan fingerprint density at radius 1 is 0.917 bits per heavy atom. The van der Waals surface area contributed by atoms with Crippen LogP contribution in [0.4, 0.5) is 0 Å². The predicted octanol–water partition coefficient (Wildman–Crippen LogP) is 4.18. The molecule has 1 aliphatic rings. The number of hydrogen-bond acceptors (Lipinski definition) is 5. The molecule has 1 aliphatic heterocycles. The molecular weight excluding hydrogens is 322 g/mol. The van der Waals surface area contributed by atoms with Crippen molar-refractivity contribution in [3.05, 3.63) is 71.8 Å². The molecule has 1 saturated heterocycles. The first-order valence-electron chi connectivity index (χ1n) is 8.03. The van der Waals surface area contributed by atoms with Crippen molar-refractivity contribution in [3.8, 4) is 0 Å². The number of thiol groups is 1. The van der Waals surface area contributed by atoms with Crippen LogP contribution in [-0.4, -0.2) is 20.3 Å². The minimum atomic E-state index is 0.509. The van der Waals surface area contributed by atoms with Crippen LogP contribution in [0.3, 0.4) is 0 Å². The van der Waals surface area contributed by atoms with Crippen molar-refractivity contribution in [1.29, 1.82) is 0 Å². The van der Waals surface area contributed by atoms with Crippen LogP contribution in [0.2, 0.25) is 0 Å². The van der Waals surface area contributed by atoms with E-state index in [2.05, 4.69) is 35.2 Å². The summed E-state index contributed by atoms with van der Waals surface area (Å²) in [5, 5.41) is 0. The summed E-state index contributed by atoms with van der Waals surface area (Å²) in [6.07, 6.45) is 2.56. The van der Waals surface area contributed by atoms with E-state index >= 15 is 0 Å². The molecule has 1 fully saturated rings. The summed E-state index contributed by atoms with van der Waals surface area (Å²) in [4.78, 5) is 9.39. The van der Waals surface area contributed by atoms with Gasteiger partial charge in [-0.25, -0.2) is 0 Å². The van der Waals surface area contributed by atoms with Gasteiger partial charge in [0.25, 0.3) is 0 Å². The molecule has 4 nitrogen and oxygen atoms in total. The SMILES string of the molecule is C1CCOC1.CONOCc1ccccc1.SCc1ccccc1. The second-order valence-electron chi connectivity index (χ2n) is 5.02. The highest BCUT2D eigenvalue weighted by atomic mass is 32.1. The lowest BCUT2D eigenvalue weighted by molar-refractivity contribution is -0.159. The fourth-order valence-electron chi connectivity index (χ4n) is 1.84. The van der Waals surface area contributed by atoms with E-state index in [9.17, 15) is 0 Å². The normalized spacial score (nSPS) is 12.6. The number of rotatable bonds is 5. The van der Waals surface area contributed by atoms with Gasteiger partial charge in [0.2, 0.25) is 0 Å². The van der Waals surface area contributed by atoms with E-state index in [1.54, 1.807) is 0 Å². The number of hydrogen-bond donors (Lipinski definition) is 2. The van der Waals surface area contributed by atoms with Gasteiger partial charge in [0.05, 0.1) is 13.7 Å². The van der Waals surface area contributed by atoms with E-state index < -0.39 is 0 Å². The summed E-state index contributed by atoms with van der Waals surface area (Å²) in [5.74, 6) is 0.834. The minimum Gasteiger partial charge on any atom is -0.381 e. The first kappa shape index (κ1) is 20.7. The van der Waals surface area contributed by atoms with E-state index in [1.807, 2.05) is 48.5 Å². The fourth-order valence-corrected chi connectivity index (χ4v) is 2.05. The number of ether oxygens (including phenoxy) is 1. The Morgan fingerprint density at radius 3 is 1.83 bits per heavy atom. The second-order valence-corrected chi connectivity index (χ2v) is 5.34. The summed E-state index contributed by atoms with van der Waals surface area (Å²) >= 11 is 4.11. The van der Waals surface area contributed by atoms with Gasteiger partial charge in [-0.1, -0.05) is 66.3 Å². The van der Waals surface area contributed by atoms with Crippen molar-refractivity contribution >= 4 is 12.6 Å². The largest absolute Gasteiger partial charge is 0.381 e. The topological polar surface area (TPSA) is 39.7 Å². The molecule has 0 amide bonds. The van der Waals surface area contributed by atoms with Crippen LogP contribution in [-0.2, 0) is 26.8 Å². The Kier molecular flexibility index (Phi) is 13.1. The Labute approximate surface area is 150 Å². The van der Waals surface area contributed by atoms with Crippen LogP contribution in [0, 0.1) is 0 Å². The van der Waals surface area contributed by atoms with Crippen molar-refractivity contribution in [2.45, 2.75) is 25.2 Å². The first-order chi connectivity index (χ1) is 11.9. The Morgan fingerprint density at radius 2 is 1.46 bits per heavy atom. The lowest BCUT2D eigenvalue weighted by Crippen LogP contribution is -2.11. The molecular formula is C19H27NO3S. The van der Waals surface area contributed by atoms with E-state index in [0.717, 1.165) is 24.5 Å². The molecule has 5 heteroatoms. The molecule has 2 aromatic carbocycles. The predicted molar refractivity (Wildman–Crippen MR) is 101 cm³/mol. The van der Waals surface area contributed by atoms with Crippen molar-refractivity contribution in [2.24, 2.45) is 0 Å². The molecule has 0 bridgehead atoms. The molecule has 1 heterocycles. The van der Waals surface area contributed by atoms with Gasteiger partial charge in [0.1, 0.15) is 0 Å². The molecule has 1 N–H and O–H groups in total. The van der Waals surface area contributed by atoms with E-state index in [1.165, 1.54) is 25.5 Å². The Balaban J connectivity index is 0.000000193. The van der Waals surface area contributed by atoms with Gasteiger partial charge in [-0.2, -0.15) is 12.6 Å². The number of nitrogens with one attached hydrogen (secondary N) is 1. The van der Waals surface area contributed by atoms with Crippen LogP contribution in [0.25, 0.3) is 0 Å². The van der Waals surface area contributed by atoms with Gasteiger partial charge in [-0.05, 0) is 24.0 Å². The Bertz CT molecular complexity index is 485. The second kappa shape index (κ2) is 15.2. The third-order valence-electron chi connectivity index (χ3n) is 3.08. The molecule has 0 radical (unpaired) electrons. The maximum Gasteiger partial charge on any atom is 0.0959 e. The van der Waals surface area contributed by atoms with Gasteiger partial charge < -0.3 is 4.74 Å². The average Bonchev–Trinajstić information content (AvgIpc) is 3.24. The molecule has 0 spiro atoms. The zero-order valence-electron chi connectivity index (χ0n) is 14.2. The van der Waals surface area contributed by atoms with Crippen LogP contribution >= 0.6 is 12.6 Å². The van der Waals surface area contributed by atoms with E-state index in [-0.39, 0.29) is 0 Å². The van der Waals surface area contributed by atoms with Crippen molar-refractivity contribution in [3.63, 3.8) is 0 Å². The molecule has 2 aromatic rings. The van der Waals surface area contributed by atoms with Crippen molar-refractivity contribution in [1.82, 2.24) is 5.64 Å². The van der Waals surface area contributed by atoms with Gasteiger partial charge in [-0.3, -0.25) is 9.68 Å². The lowest BCUT2D eigenvalue weighted by atomic mass is 10.2. The summed E-state index contributed by atoms with van der Waals surface area (Å²) in [6, 6.07) is 20.0. The lowest BCUT2D eigenvalue weighted by Gasteiger charge is -2.01. The summed E-state index contributed by atoms with van der Waals surface area (Å²) < 4.78 is 4.94. The Hall–Kier alpha value is -1.37. The smallest absolute Gasteiger partial charge is 0.0959 e. The quantitative estimate of drug-likeness (QED) is 0.482. The van der Waals surface area contributed by atoms with Gasteiger partial charge in [0.15, 0.2) is 0 Å². The molecule has 3 rings (SSSR count). The monoisotopic (exact) mass is 349 g/mol. The van der Waals surface area contributed by atoms with Crippen LogP contribution in [0.1, 0.15) is 24.0 Å². The molecule has 0 aliphatic carbocycles. The molecule has 24 heavy (non-hydrogen) atoms. The molecule has 0 aromatic heterocycles. The van der Waals surface area contributed by atoms with E-state index in [0.29, 0.717) is 6.61 Å². The molecule has 0 atom stereocenters. The maximum atomic E-state index is 4.94. The summed E-state index contributed by atoms with van der Waals surface area (Å²) in [5.41, 5.74) is 4.68. The minimum absolute atomic E-state index is 0.509. The highest BCUT2D eigenvalue weighted by Gasteiger charge is 1.94. The van der Waals surface area contributed by atoms with Crippen molar-refractivity contribution in [2.75, 3.05) is 20.3 Å². The number of benzene rings is 2.